The smallest absolute Gasteiger partial charge is 0.227 e. The van der Waals surface area contributed by atoms with Crippen LogP contribution in [-0.4, -0.2) is 51.6 Å². The second-order valence-electron chi connectivity index (χ2n) is 7.10. The quantitative estimate of drug-likeness (QED) is 0.342. The Balaban J connectivity index is 1.82. The van der Waals surface area contributed by atoms with Crippen molar-refractivity contribution in [3.8, 4) is 0 Å². The van der Waals surface area contributed by atoms with Crippen LogP contribution >= 0.6 is 0 Å². The highest BCUT2D eigenvalue weighted by Crippen LogP contribution is 2.27. The highest BCUT2D eigenvalue weighted by Gasteiger charge is 2.31. The molecule has 0 aromatic carbocycles. The van der Waals surface area contributed by atoms with E-state index >= 15 is 0 Å². The summed E-state index contributed by atoms with van der Waals surface area (Å²) in [6.07, 6.45) is 7.08. The number of methoxy groups -OCH3 is 4. The van der Waals surface area contributed by atoms with E-state index in [9.17, 15) is 19.2 Å². The Bertz CT molecular complexity index is 813. The number of hydrogen-bond acceptors (Lipinski definition) is 8. The van der Waals surface area contributed by atoms with Crippen molar-refractivity contribution in [3.63, 3.8) is 0 Å². The highest BCUT2D eigenvalue weighted by molar-refractivity contribution is 6.21. The van der Waals surface area contributed by atoms with E-state index in [0.29, 0.717) is 36.8 Å². The van der Waals surface area contributed by atoms with Gasteiger partial charge in [-0.2, -0.15) is 0 Å². The maximum absolute atomic E-state index is 12.4. The van der Waals surface area contributed by atoms with Crippen LogP contribution in [0, 0.1) is 0 Å². The van der Waals surface area contributed by atoms with Crippen LogP contribution in [0.15, 0.2) is 46.3 Å². The minimum absolute atomic E-state index is 0.0270. The molecule has 0 saturated carbocycles. The standard InChI is InChI=1S/C23H28O8/c1-28-18-12-16(24)22(30-3)14(20(18)26)10-8-6-5-7-9-11-15-21(27)19(29-2)13-17(25)23(15)31-4/h12-13H,5-11H2,1-4H3. The lowest BCUT2D eigenvalue weighted by molar-refractivity contribution is -0.120. The predicted octanol–water partition coefficient (Wildman–Crippen LogP) is 2.88. The molecule has 0 N–H and O–H groups in total. The summed E-state index contributed by atoms with van der Waals surface area (Å²) >= 11 is 0. The normalized spacial score (nSPS) is 17.0. The number of carbonyl (C=O) groups is 4. The second-order valence-corrected chi connectivity index (χ2v) is 7.10. The number of rotatable bonds is 12. The number of hydrogen-bond donors (Lipinski definition) is 0. The predicted molar refractivity (Wildman–Crippen MR) is 111 cm³/mol. The molecule has 8 nitrogen and oxygen atoms in total. The van der Waals surface area contributed by atoms with Gasteiger partial charge in [-0.15, -0.1) is 0 Å². The van der Waals surface area contributed by atoms with Gasteiger partial charge in [-0.3, -0.25) is 19.2 Å². The maximum Gasteiger partial charge on any atom is 0.227 e. The van der Waals surface area contributed by atoms with E-state index in [2.05, 4.69) is 0 Å². The van der Waals surface area contributed by atoms with Crippen LogP contribution in [-0.2, 0) is 38.1 Å². The van der Waals surface area contributed by atoms with E-state index in [1.807, 2.05) is 0 Å². The van der Waals surface area contributed by atoms with Gasteiger partial charge in [0, 0.05) is 23.3 Å². The van der Waals surface area contributed by atoms with Crippen LogP contribution in [0.5, 0.6) is 0 Å². The zero-order chi connectivity index (χ0) is 23.0. The summed E-state index contributed by atoms with van der Waals surface area (Å²) < 4.78 is 20.2. The monoisotopic (exact) mass is 432 g/mol. The van der Waals surface area contributed by atoms with Crippen molar-refractivity contribution in [3.05, 3.63) is 46.3 Å². The fraction of sp³-hybridized carbons (Fsp3) is 0.478. The molecule has 0 atom stereocenters. The van der Waals surface area contributed by atoms with Crippen LogP contribution in [0.2, 0.25) is 0 Å². The molecule has 2 aliphatic rings. The molecule has 0 aromatic rings. The van der Waals surface area contributed by atoms with Gasteiger partial charge in [-0.1, -0.05) is 19.3 Å². The average Bonchev–Trinajstić information content (AvgIpc) is 2.76. The van der Waals surface area contributed by atoms with Crippen LogP contribution in [0.4, 0.5) is 0 Å². The molecule has 31 heavy (non-hydrogen) atoms. The molecule has 0 amide bonds. The first-order valence-corrected chi connectivity index (χ1v) is 10.1. The molecular weight excluding hydrogens is 404 g/mol. The van der Waals surface area contributed by atoms with Crippen molar-refractivity contribution in [2.24, 2.45) is 0 Å². The third-order valence-electron chi connectivity index (χ3n) is 5.22. The zero-order valence-corrected chi connectivity index (χ0v) is 18.4. The van der Waals surface area contributed by atoms with E-state index in [1.54, 1.807) is 0 Å². The summed E-state index contributed by atoms with van der Waals surface area (Å²) in [6, 6.07) is 0. The van der Waals surface area contributed by atoms with Gasteiger partial charge in [-0.25, -0.2) is 0 Å². The lowest BCUT2D eigenvalue weighted by Crippen LogP contribution is -2.21. The van der Waals surface area contributed by atoms with Gasteiger partial charge in [0.05, 0.1) is 28.4 Å². The first-order valence-electron chi connectivity index (χ1n) is 10.1. The van der Waals surface area contributed by atoms with Gasteiger partial charge >= 0.3 is 0 Å². The van der Waals surface area contributed by atoms with Gasteiger partial charge in [0.15, 0.2) is 23.0 Å². The van der Waals surface area contributed by atoms with Gasteiger partial charge in [0.1, 0.15) is 0 Å². The molecule has 0 aromatic heterocycles. The first-order chi connectivity index (χ1) is 14.9. The Morgan fingerprint density at radius 3 is 1.23 bits per heavy atom. The van der Waals surface area contributed by atoms with Crippen molar-refractivity contribution in [2.75, 3.05) is 28.4 Å². The highest BCUT2D eigenvalue weighted by atomic mass is 16.5. The zero-order valence-electron chi connectivity index (χ0n) is 18.4. The molecule has 0 saturated heterocycles. The Kier molecular flexibility index (Phi) is 8.78. The second kappa shape index (κ2) is 11.3. The van der Waals surface area contributed by atoms with Crippen molar-refractivity contribution in [1.29, 1.82) is 0 Å². The van der Waals surface area contributed by atoms with Crippen molar-refractivity contribution < 1.29 is 38.1 Å². The van der Waals surface area contributed by atoms with E-state index in [-0.39, 0.29) is 46.2 Å². The number of ether oxygens (including phenoxy) is 4. The van der Waals surface area contributed by atoms with Crippen LogP contribution < -0.4 is 0 Å². The Hall–Kier alpha value is -3.16. The van der Waals surface area contributed by atoms with E-state index in [0.717, 1.165) is 31.4 Å². The van der Waals surface area contributed by atoms with E-state index < -0.39 is 0 Å². The molecule has 0 fully saturated rings. The topological polar surface area (TPSA) is 105 Å². The van der Waals surface area contributed by atoms with Crippen molar-refractivity contribution >= 4 is 23.1 Å². The van der Waals surface area contributed by atoms with Crippen LogP contribution in [0.1, 0.15) is 44.9 Å². The summed E-state index contributed by atoms with van der Waals surface area (Å²) in [4.78, 5) is 48.9. The molecule has 0 heterocycles. The molecule has 0 unspecified atom stereocenters. The van der Waals surface area contributed by atoms with Gasteiger partial charge < -0.3 is 18.9 Å². The van der Waals surface area contributed by atoms with Crippen LogP contribution in [0.25, 0.3) is 0 Å². The minimum atomic E-state index is -0.368. The number of Topliss-reactive ketones (excluding diaryl/α,β-unsaturated/α-hetero) is 2. The number of allylic oxidation sites excluding steroid dienone is 4. The molecule has 0 aliphatic heterocycles. The fourth-order valence-electron chi connectivity index (χ4n) is 3.64. The fourth-order valence-corrected chi connectivity index (χ4v) is 3.64. The largest absolute Gasteiger partial charge is 0.493 e. The van der Waals surface area contributed by atoms with E-state index in [1.165, 1.54) is 28.4 Å². The molecule has 8 heteroatoms. The summed E-state index contributed by atoms with van der Waals surface area (Å²) in [7, 11) is 5.45. The molecule has 0 bridgehead atoms. The Morgan fingerprint density at radius 2 is 0.903 bits per heavy atom. The summed E-state index contributed by atoms with van der Waals surface area (Å²) in [6.45, 7) is 0. The summed E-state index contributed by atoms with van der Waals surface area (Å²) in [5, 5.41) is 0. The third kappa shape index (κ3) is 5.51. The number of unbranched alkanes of at least 4 members (excludes halogenated alkanes) is 4. The maximum atomic E-state index is 12.4. The van der Waals surface area contributed by atoms with Crippen LogP contribution in [0.3, 0.4) is 0 Å². The Morgan fingerprint density at radius 1 is 0.548 bits per heavy atom. The molecule has 0 spiro atoms. The number of ketones is 4. The van der Waals surface area contributed by atoms with Gasteiger partial charge in [-0.05, 0) is 25.7 Å². The lowest BCUT2D eigenvalue weighted by Gasteiger charge is -2.17. The molecule has 2 rings (SSSR count). The third-order valence-corrected chi connectivity index (χ3v) is 5.22. The minimum Gasteiger partial charge on any atom is -0.493 e. The SMILES string of the molecule is COC1=CC(=O)C(OC)=C(CCCCCCCC2=C(OC)C(=O)C=C(OC)C2=O)C1=O. The van der Waals surface area contributed by atoms with E-state index in [4.69, 9.17) is 18.9 Å². The van der Waals surface area contributed by atoms with Crippen molar-refractivity contribution in [2.45, 2.75) is 44.9 Å². The van der Waals surface area contributed by atoms with Gasteiger partial charge in [0.2, 0.25) is 23.1 Å². The molecule has 168 valence electrons. The Labute approximate surface area is 181 Å². The van der Waals surface area contributed by atoms with Crippen molar-refractivity contribution in [1.82, 2.24) is 0 Å². The molecule has 2 aliphatic carbocycles. The average molecular weight is 432 g/mol. The van der Waals surface area contributed by atoms with Gasteiger partial charge in [0.25, 0.3) is 0 Å². The molecular formula is C23H28O8. The summed E-state index contributed by atoms with van der Waals surface area (Å²) in [5.74, 6) is -1.17. The summed E-state index contributed by atoms with van der Waals surface area (Å²) in [5.41, 5.74) is 0.680. The molecule has 0 radical (unpaired) electrons. The lowest BCUT2D eigenvalue weighted by atomic mass is 9.93. The first kappa shape index (κ1) is 24.1. The number of carbonyl (C=O) groups excluding carboxylic acids is 4.